The molecule has 2 nitrogen and oxygen atoms in total. The maximum absolute atomic E-state index is 6.80. The molecule has 0 atom stereocenters. The highest BCUT2D eigenvalue weighted by molar-refractivity contribution is 7.00. The summed E-state index contributed by atoms with van der Waals surface area (Å²) in [6, 6.07) is 21.1. The van der Waals surface area contributed by atoms with Crippen LogP contribution in [0.3, 0.4) is 0 Å². The predicted octanol–water partition coefficient (Wildman–Crippen LogP) is 3.09. The van der Waals surface area contributed by atoms with E-state index in [1.54, 1.807) is 0 Å². The van der Waals surface area contributed by atoms with Crippen molar-refractivity contribution < 1.29 is 8.23 Å². The lowest BCUT2D eigenvalue weighted by Crippen LogP contribution is -2.68. The van der Waals surface area contributed by atoms with Crippen molar-refractivity contribution in [3.8, 4) is 0 Å². The van der Waals surface area contributed by atoms with Crippen molar-refractivity contribution in [2.45, 2.75) is 32.7 Å². The SMILES string of the molecule is C[SiH](C)O[Si](O[Si](C)(C)C)(c1ccccc1)c1ccccc1. The van der Waals surface area contributed by atoms with E-state index in [2.05, 4.69) is 93.4 Å². The largest absolute Gasteiger partial charge is 0.433 e. The van der Waals surface area contributed by atoms with Gasteiger partial charge in [-0.3, -0.25) is 0 Å². The molecule has 0 aliphatic carbocycles. The summed E-state index contributed by atoms with van der Waals surface area (Å²) in [6.07, 6.45) is 0. The molecule has 2 aromatic rings. The molecule has 0 N–H and O–H groups in total. The monoisotopic (exact) mass is 346 g/mol. The Bertz CT molecular complexity index is 540. The first-order valence-corrected chi connectivity index (χ1v) is 15.8. The van der Waals surface area contributed by atoms with Gasteiger partial charge in [0.25, 0.3) is 0 Å². The van der Waals surface area contributed by atoms with Gasteiger partial charge in [0.05, 0.1) is 0 Å². The Kier molecular flexibility index (Phi) is 5.57. The van der Waals surface area contributed by atoms with Crippen LogP contribution in [0.25, 0.3) is 0 Å². The van der Waals surface area contributed by atoms with E-state index in [-0.39, 0.29) is 0 Å². The van der Waals surface area contributed by atoms with Crippen molar-refractivity contribution >= 4 is 36.3 Å². The zero-order chi connectivity index (χ0) is 16.2. The highest BCUT2D eigenvalue weighted by atomic mass is 28.5. The third-order valence-corrected chi connectivity index (χ3v) is 12.2. The molecule has 118 valence electrons. The Balaban J connectivity index is 2.63. The van der Waals surface area contributed by atoms with Crippen LogP contribution in [-0.4, -0.2) is 25.9 Å². The summed E-state index contributed by atoms with van der Waals surface area (Å²) in [4.78, 5) is 0. The first-order valence-electron chi connectivity index (χ1n) is 7.82. The van der Waals surface area contributed by atoms with Gasteiger partial charge in [0.2, 0.25) is 0 Å². The second-order valence-electron chi connectivity index (χ2n) is 6.73. The Hall–Kier alpha value is -0.989. The molecule has 0 heterocycles. The van der Waals surface area contributed by atoms with Gasteiger partial charge in [0, 0.05) is 0 Å². The quantitative estimate of drug-likeness (QED) is 0.748. The van der Waals surface area contributed by atoms with Crippen LogP contribution in [0, 0.1) is 0 Å². The molecule has 22 heavy (non-hydrogen) atoms. The van der Waals surface area contributed by atoms with E-state index >= 15 is 0 Å². The molecule has 2 aromatic carbocycles. The maximum Gasteiger partial charge on any atom is 0.386 e. The van der Waals surface area contributed by atoms with Gasteiger partial charge in [-0.05, 0) is 43.1 Å². The van der Waals surface area contributed by atoms with E-state index in [0.717, 1.165) is 0 Å². The molecule has 0 spiro atoms. The minimum absolute atomic E-state index is 1.21. The average Bonchev–Trinajstić information content (AvgIpc) is 2.46. The Morgan fingerprint density at radius 3 is 1.45 bits per heavy atom. The van der Waals surface area contributed by atoms with E-state index in [0.29, 0.717) is 0 Å². The van der Waals surface area contributed by atoms with Crippen LogP contribution >= 0.6 is 0 Å². The predicted molar refractivity (Wildman–Crippen MR) is 102 cm³/mol. The molecule has 0 aliphatic rings. The molecule has 2 rings (SSSR count). The fourth-order valence-electron chi connectivity index (χ4n) is 2.52. The molecule has 5 heteroatoms. The van der Waals surface area contributed by atoms with Gasteiger partial charge in [0.15, 0.2) is 17.4 Å². The van der Waals surface area contributed by atoms with Crippen molar-refractivity contribution in [3.63, 3.8) is 0 Å². The molecule has 0 saturated heterocycles. The van der Waals surface area contributed by atoms with Crippen molar-refractivity contribution in [1.29, 1.82) is 0 Å². The highest BCUT2D eigenvalue weighted by Gasteiger charge is 2.46. The first-order chi connectivity index (χ1) is 10.3. The van der Waals surface area contributed by atoms with E-state index < -0.39 is 25.9 Å². The minimum Gasteiger partial charge on any atom is -0.433 e. The lowest BCUT2D eigenvalue weighted by molar-refractivity contribution is 0.423. The molecule has 0 unspecified atom stereocenters. The van der Waals surface area contributed by atoms with Gasteiger partial charge in [-0.1, -0.05) is 60.7 Å². The molecular formula is C17H26O2Si3. The van der Waals surface area contributed by atoms with E-state index in [9.17, 15) is 0 Å². The van der Waals surface area contributed by atoms with Gasteiger partial charge in [0.1, 0.15) is 0 Å². The molecule has 0 amide bonds. The van der Waals surface area contributed by atoms with E-state index in [1.165, 1.54) is 10.4 Å². The third-order valence-electron chi connectivity index (χ3n) is 3.16. The third kappa shape index (κ3) is 4.27. The van der Waals surface area contributed by atoms with Gasteiger partial charge in [-0.15, -0.1) is 0 Å². The summed E-state index contributed by atoms with van der Waals surface area (Å²) >= 11 is 0. The Labute approximate surface area is 138 Å². The number of benzene rings is 2. The summed E-state index contributed by atoms with van der Waals surface area (Å²) < 4.78 is 13.5. The van der Waals surface area contributed by atoms with Crippen LogP contribution in [0.15, 0.2) is 60.7 Å². The van der Waals surface area contributed by atoms with Gasteiger partial charge in [-0.2, -0.15) is 0 Å². The smallest absolute Gasteiger partial charge is 0.386 e. The summed E-state index contributed by atoms with van der Waals surface area (Å²) in [5.74, 6) is 0. The number of hydrogen-bond donors (Lipinski definition) is 0. The fraction of sp³-hybridized carbons (Fsp3) is 0.294. The van der Waals surface area contributed by atoms with Gasteiger partial charge in [-0.25, -0.2) is 0 Å². The molecule has 0 bridgehead atoms. The van der Waals surface area contributed by atoms with E-state index in [4.69, 9.17) is 8.23 Å². The summed E-state index contributed by atoms with van der Waals surface area (Å²) in [7, 11) is -5.65. The van der Waals surface area contributed by atoms with Crippen molar-refractivity contribution in [1.82, 2.24) is 0 Å². The molecular weight excluding hydrogens is 320 g/mol. The number of rotatable bonds is 6. The topological polar surface area (TPSA) is 18.5 Å². The van der Waals surface area contributed by atoms with Gasteiger partial charge >= 0.3 is 8.56 Å². The van der Waals surface area contributed by atoms with Crippen LogP contribution < -0.4 is 10.4 Å². The van der Waals surface area contributed by atoms with Crippen LogP contribution in [0.1, 0.15) is 0 Å². The van der Waals surface area contributed by atoms with Crippen LogP contribution in [0.4, 0.5) is 0 Å². The zero-order valence-corrected chi connectivity index (χ0v) is 17.3. The maximum atomic E-state index is 6.80. The zero-order valence-electron chi connectivity index (χ0n) is 14.2. The Morgan fingerprint density at radius 1 is 0.727 bits per heavy atom. The molecule has 0 fully saturated rings. The molecule has 0 radical (unpaired) electrons. The minimum atomic E-state index is -2.62. The van der Waals surface area contributed by atoms with Gasteiger partial charge < -0.3 is 8.23 Å². The molecule has 0 aromatic heterocycles. The average molecular weight is 347 g/mol. The lowest BCUT2D eigenvalue weighted by Gasteiger charge is -2.38. The summed E-state index contributed by atoms with van der Waals surface area (Å²) in [6.45, 7) is 11.2. The van der Waals surface area contributed by atoms with E-state index in [1.807, 2.05) is 0 Å². The molecule has 0 saturated carbocycles. The highest BCUT2D eigenvalue weighted by Crippen LogP contribution is 2.18. The van der Waals surface area contributed by atoms with Crippen molar-refractivity contribution in [2.24, 2.45) is 0 Å². The Morgan fingerprint density at radius 2 is 1.14 bits per heavy atom. The fourth-order valence-corrected chi connectivity index (χ4v) is 12.9. The molecule has 0 aliphatic heterocycles. The second-order valence-corrected chi connectivity index (χ2v) is 17.2. The summed E-state index contributed by atoms with van der Waals surface area (Å²) in [5, 5.41) is 2.43. The lowest BCUT2D eigenvalue weighted by atomic mass is 10.4. The van der Waals surface area contributed by atoms with Crippen LogP contribution in [0.5, 0.6) is 0 Å². The second kappa shape index (κ2) is 7.06. The standard InChI is InChI=1S/C17H26O2Si3/c1-20(2)18-22(19-21(3,4)5,16-12-8-6-9-13-16)17-14-10-7-11-15-17/h6-15,20H,1-5H3. The van der Waals surface area contributed by atoms with Crippen LogP contribution in [0.2, 0.25) is 32.7 Å². The van der Waals surface area contributed by atoms with Crippen molar-refractivity contribution in [3.05, 3.63) is 60.7 Å². The first kappa shape index (κ1) is 17.4. The summed E-state index contributed by atoms with van der Waals surface area (Å²) in [5.41, 5.74) is 0. The van der Waals surface area contributed by atoms with Crippen molar-refractivity contribution in [2.75, 3.05) is 0 Å². The normalized spacial score (nSPS) is 12.6. The number of hydrogen-bond acceptors (Lipinski definition) is 2. The van der Waals surface area contributed by atoms with Crippen LogP contribution in [-0.2, 0) is 8.23 Å².